The fraction of sp³-hybridized carbons (Fsp3) is 0.143. The van der Waals surface area contributed by atoms with Crippen LogP contribution in [-0.4, -0.2) is 56.8 Å². The Bertz CT molecular complexity index is 1580. The molecule has 0 saturated carbocycles. The smallest absolute Gasteiger partial charge is 0.244 e. The number of tetrazole rings is 1. The molecular weight excluding hydrogens is 496 g/mol. The van der Waals surface area contributed by atoms with E-state index in [0.29, 0.717) is 11.1 Å². The van der Waals surface area contributed by atoms with Crippen molar-refractivity contribution in [2.24, 2.45) is 0 Å². The van der Waals surface area contributed by atoms with Crippen LogP contribution in [0.15, 0.2) is 36.8 Å². The molecule has 0 fully saturated rings. The van der Waals surface area contributed by atoms with Crippen LogP contribution >= 0.6 is 0 Å². The summed E-state index contributed by atoms with van der Waals surface area (Å²) >= 11 is 0. The molecule has 0 bridgehead atoms. The number of nitrogens with zero attached hydrogens (tertiary/aromatic N) is 4. The van der Waals surface area contributed by atoms with Gasteiger partial charge in [-0.15, -0.1) is 0 Å². The lowest BCUT2D eigenvalue weighted by Gasteiger charge is -2.11. The molecule has 12 nitrogen and oxygen atoms in total. The zero-order chi connectivity index (χ0) is 25.9. The Morgan fingerprint density at radius 3 is 2.78 bits per heavy atom. The van der Waals surface area contributed by atoms with Crippen molar-refractivity contribution >= 4 is 50.3 Å². The van der Waals surface area contributed by atoms with Crippen molar-refractivity contribution in [3.8, 4) is 0 Å². The highest BCUT2D eigenvalue weighted by molar-refractivity contribution is 7.92. The Morgan fingerprint density at radius 1 is 1.28 bits per heavy atom. The van der Waals surface area contributed by atoms with Gasteiger partial charge in [-0.1, -0.05) is 12.0 Å². The Labute approximate surface area is 202 Å². The molecule has 0 aliphatic carbocycles. The Balaban J connectivity index is 1.73. The van der Waals surface area contributed by atoms with Crippen molar-refractivity contribution in [2.75, 3.05) is 15.8 Å². The fourth-order valence-electron chi connectivity index (χ4n) is 3.39. The van der Waals surface area contributed by atoms with Crippen LogP contribution in [0.1, 0.15) is 34.8 Å². The summed E-state index contributed by atoms with van der Waals surface area (Å²) in [4.78, 5) is 20.2. The average molecular weight is 516 g/mol. The number of pyridine rings is 1. The lowest BCUT2D eigenvalue weighted by atomic mass is 10.00. The molecule has 0 radical (unpaired) electrons. The van der Waals surface area contributed by atoms with E-state index < -0.39 is 38.7 Å². The molecule has 5 N–H and O–H groups in total. The number of rotatable bonds is 10. The number of nitrogens with one attached hydrogen (secondary N) is 5. The second kappa shape index (κ2) is 9.99. The zero-order valence-electron chi connectivity index (χ0n) is 18.6. The number of halogens is 2. The molecule has 3 heterocycles. The molecule has 4 rings (SSSR count). The lowest BCUT2D eigenvalue weighted by molar-refractivity contribution is 0.103. The summed E-state index contributed by atoms with van der Waals surface area (Å²) < 4.78 is 56.0. The molecule has 186 valence electrons. The van der Waals surface area contributed by atoms with E-state index >= 15 is 4.39 Å². The minimum Gasteiger partial charge on any atom is -0.345 e. The number of H-pyrrole nitrogens is 2. The third-order valence-corrected chi connectivity index (χ3v) is 6.51. The number of fused-ring (bicyclic) bond motifs is 1. The monoisotopic (exact) mass is 515 g/mol. The van der Waals surface area contributed by atoms with Crippen molar-refractivity contribution < 1.29 is 22.0 Å². The average Bonchev–Trinajstić information content (AvgIpc) is 3.51. The van der Waals surface area contributed by atoms with E-state index in [2.05, 4.69) is 40.6 Å². The predicted octanol–water partition coefficient (Wildman–Crippen LogP) is 2.84. The van der Waals surface area contributed by atoms with Gasteiger partial charge in [-0.3, -0.25) is 9.52 Å². The van der Waals surface area contributed by atoms with Gasteiger partial charge < -0.3 is 15.7 Å². The quantitative estimate of drug-likeness (QED) is 0.158. The first-order valence-electron chi connectivity index (χ1n) is 10.5. The number of hydrogen-bond donors (Lipinski definition) is 5. The number of benzene rings is 1. The number of anilines is 2. The van der Waals surface area contributed by atoms with Crippen LogP contribution in [0.5, 0.6) is 0 Å². The SMILES string of the molecule is CCCS(=O)(=O)Nc1ccc(F)c(C(=O)c2c[nH]c3ncc(/C(C=N)=C/Nc4nnn[nH]4)cc23)c1F. The van der Waals surface area contributed by atoms with Crippen molar-refractivity contribution in [3.05, 3.63) is 65.1 Å². The van der Waals surface area contributed by atoms with E-state index in [9.17, 15) is 17.6 Å². The van der Waals surface area contributed by atoms with Crippen LogP contribution < -0.4 is 10.0 Å². The topological polar surface area (TPSA) is 182 Å². The normalized spacial score (nSPS) is 12.0. The van der Waals surface area contributed by atoms with Gasteiger partial charge in [-0.25, -0.2) is 27.3 Å². The second-order valence-corrected chi connectivity index (χ2v) is 9.34. The number of aromatic nitrogens is 6. The van der Waals surface area contributed by atoms with Crippen molar-refractivity contribution in [2.45, 2.75) is 13.3 Å². The lowest BCUT2D eigenvalue weighted by Crippen LogP contribution is -2.18. The first-order chi connectivity index (χ1) is 17.2. The van der Waals surface area contributed by atoms with E-state index in [1.807, 2.05) is 0 Å². The maximum absolute atomic E-state index is 15.2. The second-order valence-electron chi connectivity index (χ2n) is 7.49. The summed E-state index contributed by atoms with van der Waals surface area (Å²) in [5.41, 5.74) is -0.533. The molecule has 0 aliphatic rings. The van der Waals surface area contributed by atoms with Gasteiger partial charge in [-0.2, -0.15) is 0 Å². The molecule has 3 aromatic heterocycles. The number of carbonyl (C=O) groups excluding carboxylic acids is 1. The summed E-state index contributed by atoms with van der Waals surface area (Å²) in [7, 11) is -3.88. The van der Waals surface area contributed by atoms with Gasteiger partial charge in [-0.05, 0) is 35.0 Å². The van der Waals surface area contributed by atoms with Crippen LogP contribution in [-0.2, 0) is 10.0 Å². The Kier molecular flexibility index (Phi) is 6.82. The maximum atomic E-state index is 15.2. The number of hydrogen-bond acceptors (Lipinski definition) is 9. The van der Waals surface area contributed by atoms with Gasteiger partial charge in [0.15, 0.2) is 5.82 Å². The number of ketones is 1. The summed E-state index contributed by atoms with van der Waals surface area (Å²) in [6.45, 7) is 1.63. The molecule has 0 aliphatic heterocycles. The first-order valence-corrected chi connectivity index (χ1v) is 12.1. The van der Waals surface area contributed by atoms with Crippen LogP contribution in [0.2, 0.25) is 0 Å². The largest absolute Gasteiger partial charge is 0.345 e. The van der Waals surface area contributed by atoms with Crippen molar-refractivity contribution in [1.29, 1.82) is 5.41 Å². The highest BCUT2D eigenvalue weighted by atomic mass is 32.2. The molecule has 4 aromatic rings. The van der Waals surface area contributed by atoms with Crippen molar-refractivity contribution in [3.63, 3.8) is 0 Å². The highest BCUT2D eigenvalue weighted by Crippen LogP contribution is 2.28. The van der Waals surface area contributed by atoms with Gasteiger partial charge in [0.1, 0.15) is 11.5 Å². The fourth-order valence-corrected chi connectivity index (χ4v) is 4.52. The molecule has 0 atom stereocenters. The Hall–Kier alpha value is -4.53. The number of allylic oxidation sites excluding steroid dienone is 1. The Morgan fingerprint density at radius 2 is 2.08 bits per heavy atom. The van der Waals surface area contributed by atoms with E-state index in [0.717, 1.165) is 18.3 Å². The summed E-state index contributed by atoms with van der Waals surface area (Å²) in [5.74, 6) is -3.55. The molecule has 0 spiro atoms. The molecule has 0 amide bonds. The van der Waals surface area contributed by atoms with Gasteiger partial charge in [0.25, 0.3) is 0 Å². The highest BCUT2D eigenvalue weighted by Gasteiger charge is 2.26. The minimum absolute atomic E-state index is 0.0950. The van der Waals surface area contributed by atoms with Crippen LogP contribution in [0.4, 0.5) is 20.4 Å². The van der Waals surface area contributed by atoms with E-state index in [1.54, 1.807) is 6.92 Å². The first kappa shape index (κ1) is 24.6. The third kappa shape index (κ3) is 4.95. The molecule has 0 saturated heterocycles. The molecular formula is C21H19F2N9O3S. The minimum atomic E-state index is -3.88. The zero-order valence-corrected chi connectivity index (χ0v) is 19.4. The molecule has 36 heavy (non-hydrogen) atoms. The van der Waals surface area contributed by atoms with E-state index in [4.69, 9.17) is 5.41 Å². The van der Waals surface area contributed by atoms with Gasteiger partial charge in [0.2, 0.25) is 21.8 Å². The van der Waals surface area contributed by atoms with Gasteiger partial charge >= 0.3 is 0 Å². The van der Waals surface area contributed by atoms with E-state index in [1.165, 1.54) is 24.7 Å². The van der Waals surface area contributed by atoms with Gasteiger partial charge in [0, 0.05) is 46.9 Å². The predicted molar refractivity (Wildman–Crippen MR) is 128 cm³/mol. The van der Waals surface area contributed by atoms with Crippen LogP contribution in [0.3, 0.4) is 0 Å². The van der Waals surface area contributed by atoms with Crippen LogP contribution in [0, 0.1) is 17.0 Å². The van der Waals surface area contributed by atoms with Crippen LogP contribution in [0.25, 0.3) is 16.6 Å². The number of aromatic amines is 2. The molecule has 1 aromatic carbocycles. The molecule has 15 heteroatoms. The summed E-state index contributed by atoms with van der Waals surface area (Å²) in [6, 6.07) is 3.26. The number of carbonyl (C=O) groups is 1. The van der Waals surface area contributed by atoms with Crippen molar-refractivity contribution in [1.82, 2.24) is 30.6 Å². The number of sulfonamides is 1. The summed E-state index contributed by atoms with van der Waals surface area (Å²) in [6.07, 6.45) is 5.43. The summed E-state index contributed by atoms with van der Waals surface area (Å²) in [5, 5.41) is 23.7. The van der Waals surface area contributed by atoms with Gasteiger partial charge in [0.05, 0.1) is 17.0 Å². The maximum Gasteiger partial charge on any atom is 0.244 e. The van der Waals surface area contributed by atoms with E-state index in [-0.39, 0.29) is 34.7 Å². The third-order valence-electron chi connectivity index (χ3n) is 5.03. The molecule has 0 unspecified atom stereocenters. The standard InChI is InChI=1S/C21H19F2N9O3S/c1-2-5-36(34,35)30-16-4-3-15(22)17(18(16)23)19(33)14-10-26-20-13(14)6-11(8-25-20)12(7-24)9-27-21-28-31-32-29-21/h3-4,6-10,24,30H,2,5H2,1H3,(H,25,26)(H2,27,28,29,31,32)/b12-9+,24-7?.